The highest BCUT2D eigenvalue weighted by molar-refractivity contribution is 6.28. The molecule has 0 saturated carbocycles. The van der Waals surface area contributed by atoms with E-state index in [1.165, 1.54) is 13.0 Å². The first kappa shape index (κ1) is 15.1. The largest absolute Gasteiger partial charge is 0.445 e. The molecule has 0 unspecified atom stereocenters. The number of amides is 1. The summed E-state index contributed by atoms with van der Waals surface area (Å²) in [6.07, 6.45) is 1.45. The predicted molar refractivity (Wildman–Crippen MR) is 85.1 cm³/mol. The summed E-state index contributed by atoms with van der Waals surface area (Å²) in [4.78, 5) is 27.0. The highest BCUT2D eigenvalue weighted by atomic mass is 35.5. The van der Waals surface area contributed by atoms with Gasteiger partial charge >= 0.3 is 5.97 Å². The summed E-state index contributed by atoms with van der Waals surface area (Å²) in [5.41, 5.74) is 1.39. The molecule has 1 aromatic carbocycles. The summed E-state index contributed by atoms with van der Waals surface area (Å²) in [5, 5.41) is 2.88. The van der Waals surface area contributed by atoms with Crippen LogP contribution in [0.3, 0.4) is 0 Å². The van der Waals surface area contributed by atoms with E-state index in [1.807, 2.05) is 0 Å². The van der Waals surface area contributed by atoms with Crippen molar-refractivity contribution in [3.05, 3.63) is 58.6 Å². The van der Waals surface area contributed by atoms with E-state index >= 15 is 0 Å². The van der Waals surface area contributed by atoms with Crippen molar-refractivity contribution < 1.29 is 18.7 Å². The van der Waals surface area contributed by atoms with Gasteiger partial charge in [-0.3, -0.25) is 4.79 Å². The van der Waals surface area contributed by atoms with E-state index in [-0.39, 0.29) is 22.7 Å². The summed E-state index contributed by atoms with van der Waals surface area (Å²) in [7, 11) is 0. The second-order valence-electron chi connectivity index (χ2n) is 4.74. The van der Waals surface area contributed by atoms with Gasteiger partial charge in [0.1, 0.15) is 5.76 Å². The van der Waals surface area contributed by atoms with Crippen LogP contribution in [0.25, 0.3) is 6.08 Å². The lowest BCUT2D eigenvalue weighted by molar-refractivity contribution is -0.130. The topological polar surface area (TPSA) is 80.9 Å². The Morgan fingerprint density at radius 2 is 1.96 bits per heavy atom. The third-order valence-corrected chi connectivity index (χ3v) is 3.15. The molecule has 116 valence electrons. The van der Waals surface area contributed by atoms with Crippen LogP contribution in [0.4, 0.5) is 5.69 Å². The lowest BCUT2D eigenvalue weighted by Crippen LogP contribution is -2.07. The monoisotopic (exact) mass is 330 g/mol. The van der Waals surface area contributed by atoms with Crippen molar-refractivity contribution in [1.82, 2.24) is 0 Å². The number of rotatable bonds is 3. The van der Waals surface area contributed by atoms with Gasteiger partial charge in [-0.15, -0.1) is 0 Å². The number of hydrogen-bond donors (Lipinski definition) is 1. The number of anilines is 1. The van der Waals surface area contributed by atoms with Crippen molar-refractivity contribution in [2.75, 3.05) is 5.32 Å². The second kappa shape index (κ2) is 6.10. The zero-order valence-electron chi connectivity index (χ0n) is 12.0. The normalized spacial score (nSPS) is 15.5. The first-order valence-electron chi connectivity index (χ1n) is 6.67. The van der Waals surface area contributed by atoms with Gasteiger partial charge in [-0.1, -0.05) is 0 Å². The first-order valence-corrected chi connectivity index (χ1v) is 7.05. The lowest BCUT2D eigenvalue weighted by Gasteiger charge is -2.03. The van der Waals surface area contributed by atoms with E-state index in [9.17, 15) is 9.59 Å². The van der Waals surface area contributed by atoms with Crippen molar-refractivity contribution in [2.24, 2.45) is 4.99 Å². The molecule has 0 radical (unpaired) electrons. The zero-order chi connectivity index (χ0) is 16.4. The first-order chi connectivity index (χ1) is 11.0. The van der Waals surface area contributed by atoms with E-state index < -0.39 is 5.97 Å². The van der Waals surface area contributed by atoms with Crippen molar-refractivity contribution >= 4 is 41.1 Å². The quantitative estimate of drug-likeness (QED) is 0.692. The standard InChI is InChI=1S/C16H11ClN2O4/c1-9(20)18-11-4-2-10(3-5-11)15-19-13(16(21)23-15)8-12-6-7-14(17)22-12/h2-8H,1H3,(H,18,20)/b13-8-. The van der Waals surface area contributed by atoms with Gasteiger partial charge < -0.3 is 14.5 Å². The molecule has 0 saturated heterocycles. The number of hydrogen-bond acceptors (Lipinski definition) is 5. The number of ether oxygens (including phenoxy) is 1. The molecule has 0 atom stereocenters. The Balaban J connectivity index is 1.83. The van der Waals surface area contributed by atoms with Crippen LogP contribution in [-0.2, 0) is 14.3 Å². The highest BCUT2D eigenvalue weighted by Crippen LogP contribution is 2.22. The molecule has 0 aliphatic carbocycles. The molecule has 3 rings (SSSR count). The molecule has 2 heterocycles. The smallest absolute Gasteiger partial charge is 0.363 e. The Bertz CT molecular complexity index is 834. The molecule has 0 fully saturated rings. The van der Waals surface area contributed by atoms with Crippen molar-refractivity contribution in [2.45, 2.75) is 6.92 Å². The Hall–Kier alpha value is -2.86. The van der Waals surface area contributed by atoms with Crippen molar-refractivity contribution in [3.8, 4) is 0 Å². The number of cyclic esters (lactones) is 1. The van der Waals surface area contributed by atoms with Crippen LogP contribution in [0, 0.1) is 0 Å². The molecule has 7 heteroatoms. The molecule has 0 bridgehead atoms. The number of carbonyl (C=O) groups is 2. The third kappa shape index (κ3) is 3.49. The molecule has 1 N–H and O–H groups in total. The average Bonchev–Trinajstić information content (AvgIpc) is 3.06. The fourth-order valence-electron chi connectivity index (χ4n) is 1.97. The molecule has 2 aromatic rings. The van der Waals surface area contributed by atoms with Crippen LogP contribution in [0.15, 0.2) is 51.5 Å². The van der Waals surface area contributed by atoms with Crippen molar-refractivity contribution in [3.63, 3.8) is 0 Å². The molecule has 6 nitrogen and oxygen atoms in total. The van der Waals surface area contributed by atoms with Gasteiger partial charge in [0.2, 0.25) is 11.8 Å². The third-order valence-electron chi connectivity index (χ3n) is 2.95. The fraction of sp³-hybridized carbons (Fsp3) is 0.0625. The summed E-state index contributed by atoms with van der Waals surface area (Å²) >= 11 is 5.68. The van der Waals surface area contributed by atoms with Crippen LogP contribution in [0.2, 0.25) is 5.22 Å². The van der Waals surface area contributed by atoms with Gasteiger partial charge in [0.25, 0.3) is 0 Å². The van der Waals surface area contributed by atoms with Gasteiger partial charge in [-0.05, 0) is 48.0 Å². The van der Waals surface area contributed by atoms with E-state index in [4.69, 9.17) is 20.8 Å². The fourth-order valence-corrected chi connectivity index (χ4v) is 2.12. The van der Waals surface area contributed by atoms with Gasteiger partial charge in [0.05, 0.1) is 0 Å². The maximum atomic E-state index is 11.8. The Morgan fingerprint density at radius 3 is 2.57 bits per heavy atom. The lowest BCUT2D eigenvalue weighted by atomic mass is 10.2. The molecule has 0 spiro atoms. The van der Waals surface area contributed by atoms with E-state index in [0.29, 0.717) is 17.0 Å². The number of halogens is 1. The molecular weight excluding hydrogens is 320 g/mol. The summed E-state index contributed by atoms with van der Waals surface area (Å²) in [6.45, 7) is 1.43. The summed E-state index contributed by atoms with van der Waals surface area (Å²) in [5.74, 6) is -0.135. The number of benzene rings is 1. The minimum Gasteiger partial charge on any atom is -0.445 e. The maximum Gasteiger partial charge on any atom is 0.363 e. The maximum absolute atomic E-state index is 11.8. The number of nitrogens with zero attached hydrogens (tertiary/aromatic N) is 1. The Labute approximate surface area is 136 Å². The summed E-state index contributed by atoms with van der Waals surface area (Å²) in [6, 6.07) is 9.98. The number of esters is 1. The average molecular weight is 331 g/mol. The van der Waals surface area contributed by atoms with Crippen LogP contribution in [-0.4, -0.2) is 17.8 Å². The molecule has 1 amide bonds. The van der Waals surface area contributed by atoms with Crippen LogP contribution in [0.1, 0.15) is 18.2 Å². The van der Waals surface area contributed by atoms with Gasteiger partial charge in [0.15, 0.2) is 10.9 Å². The predicted octanol–water partition coefficient (Wildman–Crippen LogP) is 3.24. The van der Waals surface area contributed by atoms with E-state index in [0.717, 1.165) is 0 Å². The second-order valence-corrected chi connectivity index (χ2v) is 5.11. The van der Waals surface area contributed by atoms with Gasteiger partial charge in [-0.2, -0.15) is 0 Å². The minimum absolute atomic E-state index is 0.122. The molecule has 1 aliphatic heterocycles. The molecule has 1 aliphatic rings. The SMILES string of the molecule is CC(=O)Nc1ccc(C2=N/C(=C\c3ccc(Cl)o3)C(=O)O2)cc1. The number of carbonyl (C=O) groups excluding carboxylic acids is 2. The molecular formula is C16H11ClN2O4. The Morgan fingerprint density at radius 1 is 1.22 bits per heavy atom. The molecule has 1 aromatic heterocycles. The zero-order valence-corrected chi connectivity index (χ0v) is 12.8. The van der Waals surface area contributed by atoms with Crippen molar-refractivity contribution in [1.29, 1.82) is 0 Å². The highest BCUT2D eigenvalue weighted by Gasteiger charge is 2.24. The van der Waals surface area contributed by atoms with Crippen LogP contribution in [0.5, 0.6) is 0 Å². The number of furan rings is 1. The van der Waals surface area contributed by atoms with E-state index in [2.05, 4.69) is 10.3 Å². The summed E-state index contributed by atoms with van der Waals surface area (Å²) < 4.78 is 10.3. The molecule has 23 heavy (non-hydrogen) atoms. The van der Waals surface area contributed by atoms with Gasteiger partial charge in [0, 0.05) is 24.3 Å². The van der Waals surface area contributed by atoms with Crippen LogP contribution < -0.4 is 5.32 Å². The van der Waals surface area contributed by atoms with E-state index in [1.54, 1.807) is 36.4 Å². The number of aliphatic imine (C=N–C) groups is 1. The Kier molecular flexibility index (Phi) is 3.99. The minimum atomic E-state index is -0.571. The van der Waals surface area contributed by atoms with Crippen LogP contribution >= 0.6 is 11.6 Å². The number of nitrogens with one attached hydrogen (secondary N) is 1. The van der Waals surface area contributed by atoms with Gasteiger partial charge in [-0.25, -0.2) is 9.79 Å².